The Morgan fingerprint density at radius 2 is 2.08 bits per heavy atom. The van der Waals surface area contributed by atoms with Crippen LogP contribution in [0.25, 0.3) is 0 Å². The van der Waals surface area contributed by atoms with E-state index in [0.717, 1.165) is 11.8 Å². The third-order valence-electron chi connectivity index (χ3n) is 1.88. The lowest BCUT2D eigenvalue weighted by atomic mass is 10.0. The molecule has 1 aromatic rings. The Hall–Kier alpha value is -0.960. The van der Waals surface area contributed by atoms with E-state index in [0.29, 0.717) is 15.6 Å². The number of benzene rings is 1. The van der Waals surface area contributed by atoms with Crippen molar-refractivity contribution in [3.63, 3.8) is 0 Å². The van der Waals surface area contributed by atoms with Crippen LogP contribution in [-0.4, -0.2) is 12.1 Å². The zero-order chi connectivity index (χ0) is 10.0. The highest BCUT2D eigenvalue weighted by Crippen LogP contribution is 2.22. The van der Waals surface area contributed by atoms with Crippen LogP contribution in [0.1, 0.15) is 33.2 Å². The molecule has 0 radical (unpaired) electrons. The average molecular weight is 241 g/mol. The monoisotopic (exact) mass is 240 g/mol. The van der Waals surface area contributed by atoms with E-state index in [9.17, 15) is 9.59 Å². The molecule has 0 bridgehead atoms. The minimum absolute atomic E-state index is 0.0994. The average Bonchev–Trinajstić information content (AvgIpc) is 2.07. The molecule has 1 rings (SSSR count). The van der Waals surface area contributed by atoms with Crippen molar-refractivity contribution >= 4 is 28.0 Å². The first-order valence-corrected chi connectivity index (χ1v) is 4.62. The van der Waals surface area contributed by atoms with Crippen LogP contribution in [0.5, 0.6) is 0 Å². The highest BCUT2D eigenvalue weighted by Gasteiger charge is 2.12. The van der Waals surface area contributed by atoms with Crippen molar-refractivity contribution in [1.29, 1.82) is 0 Å². The predicted octanol–water partition coefficient (Wildman–Crippen LogP) is 2.77. The van der Waals surface area contributed by atoms with Crippen LogP contribution in [0.3, 0.4) is 0 Å². The van der Waals surface area contributed by atoms with E-state index in [1.807, 2.05) is 6.92 Å². The van der Waals surface area contributed by atoms with Crippen molar-refractivity contribution in [2.45, 2.75) is 13.8 Å². The van der Waals surface area contributed by atoms with Crippen LogP contribution >= 0.6 is 15.9 Å². The second-order valence-corrected chi connectivity index (χ2v) is 3.68. The molecule has 0 unspecified atom stereocenters. The number of Topliss-reactive ketones (excluding diaryl/α,β-unsaturated/α-hetero) is 1. The van der Waals surface area contributed by atoms with E-state index in [-0.39, 0.29) is 5.78 Å². The van der Waals surface area contributed by atoms with E-state index in [2.05, 4.69) is 15.9 Å². The van der Waals surface area contributed by atoms with Crippen LogP contribution in [0.2, 0.25) is 0 Å². The van der Waals surface area contributed by atoms with Gasteiger partial charge in [-0.25, -0.2) is 0 Å². The van der Waals surface area contributed by atoms with Crippen molar-refractivity contribution in [1.82, 2.24) is 0 Å². The van der Waals surface area contributed by atoms with Crippen molar-refractivity contribution in [2.24, 2.45) is 0 Å². The van der Waals surface area contributed by atoms with Gasteiger partial charge in [0.25, 0.3) is 0 Å². The fourth-order valence-electron chi connectivity index (χ4n) is 1.21. The Balaban J connectivity index is 3.52. The minimum atomic E-state index is -0.0994. The Morgan fingerprint density at radius 3 is 2.46 bits per heavy atom. The van der Waals surface area contributed by atoms with Gasteiger partial charge < -0.3 is 0 Å². The molecule has 0 saturated heterocycles. The van der Waals surface area contributed by atoms with Gasteiger partial charge in [-0.15, -0.1) is 0 Å². The third kappa shape index (κ3) is 1.86. The molecule has 0 amide bonds. The molecule has 0 aromatic heterocycles. The Labute approximate surface area is 85.1 Å². The molecule has 0 saturated carbocycles. The number of carbonyl (C=O) groups excluding carboxylic acids is 2. The molecule has 0 heterocycles. The molecule has 3 heteroatoms. The van der Waals surface area contributed by atoms with Gasteiger partial charge in [-0.2, -0.15) is 0 Å². The van der Waals surface area contributed by atoms with Crippen LogP contribution in [0.4, 0.5) is 0 Å². The summed E-state index contributed by atoms with van der Waals surface area (Å²) in [4.78, 5) is 21.9. The number of carbonyl (C=O) groups is 2. The van der Waals surface area contributed by atoms with Gasteiger partial charge in [0.2, 0.25) is 0 Å². The Morgan fingerprint density at radius 1 is 1.46 bits per heavy atom. The maximum absolute atomic E-state index is 11.2. The standard InChI is InChI=1S/C10H9BrO2/c1-6-3-4-9(11)10(7(2)13)8(6)5-12/h3-5H,1-2H3. The summed E-state index contributed by atoms with van der Waals surface area (Å²) in [5.74, 6) is -0.0994. The van der Waals surface area contributed by atoms with E-state index < -0.39 is 0 Å². The number of ketones is 1. The van der Waals surface area contributed by atoms with E-state index >= 15 is 0 Å². The van der Waals surface area contributed by atoms with Crippen molar-refractivity contribution in [3.8, 4) is 0 Å². The van der Waals surface area contributed by atoms with Gasteiger partial charge in [0.15, 0.2) is 12.1 Å². The van der Waals surface area contributed by atoms with Gasteiger partial charge in [-0.3, -0.25) is 9.59 Å². The number of rotatable bonds is 2. The van der Waals surface area contributed by atoms with Gasteiger partial charge in [0, 0.05) is 15.6 Å². The number of hydrogen-bond donors (Lipinski definition) is 0. The summed E-state index contributed by atoms with van der Waals surface area (Å²) in [6.45, 7) is 3.26. The van der Waals surface area contributed by atoms with Gasteiger partial charge >= 0.3 is 0 Å². The summed E-state index contributed by atoms with van der Waals surface area (Å²) >= 11 is 3.24. The first kappa shape index (κ1) is 10.1. The Kier molecular flexibility index (Phi) is 2.98. The molecule has 1 aromatic carbocycles. The van der Waals surface area contributed by atoms with Crippen LogP contribution in [0.15, 0.2) is 16.6 Å². The molecule has 0 aliphatic carbocycles. The lowest BCUT2D eigenvalue weighted by molar-refractivity contribution is 0.100. The van der Waals surface area contributed by atoms with Gasteiger partial charge in [-0.05, 0) is 25.5 Å². The molecule has 0 fully saturated rings. The fraction of sp³-hybridized carbons (Fsp3) is 0.200. The van der Waals surface area contributed by atoms with E-state index in [1.54, 1.807) is 12.1 Å². The summed E-state index contributed by atoms with van der Waals surface area (Å²) in [7, 11) is 0. The zero-order valence-corrected chi connectivity index (χ0v) is 9.01. The van der Waals surface area contributed by atoms with Gasteiger partial charge in [0.1, 0.15) is 0 Å². The summed E-state index contributed by atoms with van der Waals surface area (Å²) in [5, 5.41) is 0. The lowest BCUT2D eigenvalue weighted by Crippen LogP contribution is -2.02. The number of halogens is 1. The summed E-state index contributed by atoms with van der Waals surface area (Å²) in [6.07, 6.45) is 0.719. The Bertz CT molecular complexity index is 369. The SMILES string of the molecule is CC(=O)c1c(Br)ccc(C)c1C=O. The predicted molar refractivity (Wildman–Crippen MR) is 54.3 cm³/mol. The molecular weight excluding hydrogens is 232 g/mol. The van der Waals surface area contributed by atoms with Gasteiger partial charge in [-0.1, -0.05) is 22.0 Å². The molecule has 0 aliphatic rings. The first-order valence-electron chi connectivity index (χ1n) is 3.83. The molecule has 68 valence electrons. The second kappa shape index (κ2) is 3.83. The van der Waals surface area contributed by atoms with Crippen molar-refractivity contribution < 1.29 is 9.59 Å². The minimum Gasteiger partial charge on any atom is -0.298 e. The number of aldehydes is 1. The molecule has 2 nitrogen and oxygen atoms in total. The topological polar surface area (TPSA) is 34.1 Å². The fourth-order valence-corrected chi connectivity index (χ4v) is 1.83. The first-order chi connectivity index (χ1) is 6.07. The van der Waals surface area contributed by atoms with Crippen LogP contribution < -0.4 is 0 Å². The molecule has 0 aliphatic heterocycles. The molecule has 0 atom stereocenters. The summed E-state index contributed by atoms with van der Waals surface area (Å²) < 4.78 is 0.674. The zero-order valence-electron chi connectivity index (χ0n) is 7.43. The second-order valence-electron chi connectivity index (χ2n) is 2.83. The summed E-state index contributed by atoms with van der Waals surface area (Å²) in [6, 6.07) is 3.58. The van der Waals surface area contributed by atoms with E-state index in [1.165, 1.54) is 6.92 Å². The molecule has 0 spiro atoms. The van der Waals surface area contributed by atoms with E-state index in [4.69, 9.17) is 0 Å². The molecular formula is C10H9BrO2. The smallest absolute Gasteiger partial charge is 0.161 e. The molecule has 13 heavy (non-hydrogen) atoms. The third-order valence-corrected chi connectivity index (χ3v) is 2.54. The maximum atomic E-state index is 11.2. The quantitative estimate of drug-likeness (QED) is 0.589. The maximum Gasteiger partial charge on any atom is 0.161 e. The normalized spacial score (nSPS) is 9.77. The van der Waals surface area contributed by atoms with Crippen molar-refractivity contribution in [2.75, 3.05) is 0 Å². The van der Waals surface area contributed by atoms with Gasteiger partial charge in [0.05, 0.1) is 0 Å². The summed E-state index contributed by atoms with van der Waals surface area (Å²) in [5.41, 5.74) is 1.76. The largest absolute Gasteiger partial charge is 0.298 e. The van der Waals surface area contributed by atoms with Crippen LogP contribution in [-0.2, 0) is 0 Å². The lowest BCUT2D eigenvalue weighted by Gasteiger charge is -2.06. The van der Waals surface area contributed by atoms with Crippen LogP contribution in [0, 0.1) is 6.92 Å². The highest BCUT2D eigenvalue weighted by atomic mass is 79.9. The highest BCUT2D eigenvalue weighted by molar-refractivity contribution is 9.10. The number of aryl methyl sites for hydroxylation is 1. The molecule has 0 N–H and O–H groups in total. The number of hydrogen-bond acceptors (Lipinski definition) is 2. The van der Waals surface area contributed by atoms with Crippen molar-refractivity contribution in [3.05, 3.63) is 33.3 Å².